The van der Waals surface area contributed by atoms with Gasteiger partial charge in [0.1, 0.15) is 11.5 Å². The lowest BCUT2D eigenvalue weighted by atomic mass is 10.2. The summed E-state index contributed by atoms with van der Waals surface area (Å²) in [6.45, 7) is -2.28. The summed E-state index contributed by atoms with van der Waals surface area (Å²) < 4.78 is 33.3. The molecule has 1 aromatic rings. The summed E-state index contributed by atoms with van der Waals surface area (Å²) >= 11 is 0. The molecule has 0 bridgehead atoms. The highest BCUT2D eigenvalue weighted by molar-refractivity contribution is 5.94. The second kappa shape index (κ2) is 8.71. The first-order chi connectivity index (χ1) is 10.4. The number of nitrogens with one attached hydrogen (secondary N) is 1. The van der Waals surface area contributed by atoms with Crippen LogP contribution in [-0.4, -0.2) is 30.9 Å². The van der Waals surface area contributed by atoms with Gasteiger partial charge >= 0.3 is 12.6 Å². The molecule has 1 rings (SSSR count). The molecule has 1 N–H and O–H groups in total. The molecular formula is C14H15F2NO5. The maximum absolute atomic E-state index is 12.2. The van der Waals surface area contributed by atoms with Crippen molar-refractivity contribution in [1.29, 1.82) is 0 Å². The van der Waals surface area contributed by atoms with Gasteiger partial charge in [0, 0.05) is 6.42 Å². The van der Waals surface area contributed by atoms with E-state index >= 15 is 0 Å². The first-order valence-corrected chi connectivity index (χ1v) is 6.37. The van der Waals surface area contributed by atoms with E-state index in [0.29, 0.717) is 0 Å². The van der Waals surface area contributed by atoms with E-state index in [1.54, 1.807) is 0 Å². The summed E-state index contributed by atoms with van der Waals surface area (Å²) in [5, 5.41) is 2.29. The van der Waals surface area contributed by atoms with E-state index in [1.165, 1.54) is 31.2 Å². The standard InChI is InChI=1S/C14H15F2NO5/c1-9(18)6-7-13(20)21-8-12(19)17-10-4-2-3-5-11(10)22-14(15)16/h2-5,14H,6-8H2,1H3,(H,17,19). The molecular weight excluding hydrogens is 300 g/mol. The molecule has 8 heteroatoms. The largest absolute Gasteiger partial charge is 0.456 e. The third kappa shape index (κ3) is 6.78. The number of rotatable bonds is 8. The molecule has 0 aliphatic rings. The van der Waals surface area contributed by atoms with Crippen LogP contribution < -0.4 is 10.1 Å². The number of carbonyl (C=O) groups excluding carboxylic acids is 3. The highest BCUT2D eigenvalue weighted by atomic mass is 19.3. The second-order valence-corrected chi connectivity index (χ2v) is 4.29. The van der Waals surface area contributed by atoms with E-state index in [9.17, 15) is 23.2 Å². The van der Waals surface area contributed by atoms with Crippen molar-refractivity contribution in [3.8, 4) is 5.75 Å². The van der Waals surface area contributed by atoms with Crippen molar-refractivity contribution in [1.82, 2.24) is 0 Å². The van der Waals surface area contributed by atoms with Gasteiger partial charge in [-0.25, -0.2) is 0 Å². The van der Waals surface area contributed by atoms with Gasteiger partial charge in [0.15, 0.2) is 6.61 Å². The van der Waals surface area contributed by atoms with Gasteiger partial charge in [-0.1, -0.05) is 12.1 Å². The number of hydrogen-bond acceptors (Lipinski definition) is 5. The van der Waals surface area contributed by atoms with Crippen molar-refractivity contribution < 1.29 is 32.6 Å². The Morgan fingerprint density at radius 1 is 1.18 bits per heavy atom. The lowest BCUT2D eigenvalue weighted by molar-refractivity contribution is -0.148. The Bertz CT molecular complexity index is 548. The molecule has 0 saturated carbocycles. The molecule has 0 spiro atoms. The predicted molar refractivity (Wildman–Crippen MR) is 72.6 cm³/mol. The maximum atomic E-state index is 12.2. The fourth-order valence-electron chi connectivity index (χ4n) is 1.45. The molecule has 22 heavy (non-hydrogen) atoms. The molecule has 1 amide bonds. The van der Waals surface area contributed by atoms with E-state index in [2.05, 4.69) is 14.8 Å². The number of benzene rings is 1. The van der Waals surface area contributed by atoms with Crippen LogP contribution in [0.4, 0.5) is 14.5 Å². The van der Waals surface area contributed by atoms with Crippen molar-refractivity contribution in [2.45, 2.75) is 26.4 Å². The highest BCUT2D eigenvalue weighted by Crippen LogP contribution is 2.25. The number of esters is 1. The van der Waals surface area contributed by atoms with Crippen LogP contribution in [0.2, 0.25) is 0 Å². The lowest BCUT2D eigenvalue weighted by Gasteiger charge is -2.11. The summed E-state index contributed by atoms with van der Waals surface area (Å²) in [5.41, 5.74) is 0.0348. The SMILES string of the molecule is CC(=O)CCC(=O)OCC(=O)Nc1ccccc1OC(F)F. The summed E-state index contributed by atoms with van der Waals surface area (Å²) in [4.78, 5) is 33.5. The summed E-state index contributed by atoms with van der Waals surface area (Å²) in [6, 6.07) is 5.62. The van der Waals surface area contributed by atoms with Gasteiger partial charge in [0.25, 0.3) is 5.91 Å². The average molecular weight is 315 g/mol. The molecule has 0 aromatic heterocycles. The minimum atomic E-state index is -3.03. The number of Topliss-reactive ketones (excluding diaryl/α,β-unsaturated/α-hetero) is 1. The number of anilines is 1. The zero-order chi connectivity index (χ0) is 16.5. The molecule has 0 heterocycles. The van der Waals surface area contributed by atoms with Gasteiger partial charge < -0.3 is 19.6 Å². The number of hydrogen-bond donors (Lipinski definition) is 1. The summed E-state index contributed by atoms with van der Waals surface area (Å²) in [7, 11) is 0. The monoisotopic (exact) mass is 315 g/mol. The first-order valence-electron chi connectivity index (χ1n) is 6.37. The fourth-order valence-corrected chi connectivity index (χ4v) is 1.45. The number of carbonyl (C=O) groups is 3. The number of ketones is 1. The van der Waals surface area contributed by atoms with Crippen molar-refractivity contribution in [2.75, 3.05) is 11.9 Å². The number of amides is 1. The van der Waals surface area contributed by atoms with E-state index in [-0.39, 0.29) is 30.1 Å². The van der Waals surface area contributed by atoms with Crippen molar-refractivity contribution >= 4 is 23.3 Å². The molecule has 0 fully saturated rings. The normalized spacial score (nSPS) is 10.2. The molecule has 0 atom stereocenters. The van der Waals surface area contributed by atoms with Crippen LogP contribution in [0.25, 0.3) is 0 Å². The Labute approximate surface area is 125 Å². The highest BCUT2D eigenvalue weighted by Gasteiger charge is 2.13. The minimum Gasteiger partial charge on any atom is -0.456 e. The third-order valence-electron chi connectivity index (χ3n) is 2.42. The summed E-state index contributed by atoms with van der Waals surface area (Å²) in [6.07, 6.45) is -0.0841. The van der Waals surface area contributed by atoms with Crippen molar-refractivity contribution in [2.24, 2.45) is 0 Å². The van der Waals surface area contributed by atoms with Gasteiger partial charge in [-0.3, -0.25) is 9.59 Å². The lowest BCUT2D eigenvalue weighted by Crippen LogP contribution is -2.21. The molecule has 0 aliphatic heterocycles. The van der Waals surface area contributed by atoms with Crippen LogP contribution >= 0.6 is 0 Å². The van der Waals surface area contributed by atoms with Crippen molar-refractivity contribution in [3.05, 3.63) is 24.3 Å². The molecule has 0 saturated heterocycles. The number of alkyl halides is 2. The minimum absolute atomic E-state index is 0.0332. The van der Waals surface area contributed by atoms with E-state index in [4.69, 9.17) is 0 Å². The van der Waals surface area contributed by atoms with Crippen LogP contribution in [-0.2, 0) is 19.1 Å². The Morgan fingerprint density at radius 3 is 2.50 bits per heavy atom. The Balaban J connectivity index is 2.48. The first kappa shape index (κ1) is 17.5. The van der Waals surface area contributed by atoms with Gasteiger partial charge in [-0.05, 0) is 19.1 Å². The predicted octanol–water partition coefficient (Wildman–Crippen LogP) is 2.14. The van der Waals surface area contributed by atoms with Gasteiger partial charge in [-0.15, -0.1) is 0 Å². The van der Waals surface area contributed by atoms with E-state index in [0.717, 1.165) is 0 Å². The van der Waals surface area contributed by atoms with Gasteiger partial charge in [-0.2, -0.15) is 8.78 Å². The Hall–Kier alpha value is -2.51. The molecule has 1 aromatic carbocycles. The maximum Gasteiger partial charge on any atom is 0.387 e. The topological polar surface area (TPSA) is 81.7 Å². The van der Waals surface area contributed by atoms with Crippen LogP contribution in [0.3, 0.4) is 0 Å². The van der Waals surface area contributed by atoms with Crippen LogP contribution in [0, 0.1) is 0 Å². The van der Waals surface area contributed by atoms with Crippen LogP contribution in [0.15, 0.2) is 24.3 Å². The second-order valence-electron chi connectivity index (χ2n) is 4.29. The zero-order valence-electron chi connectivity index (χ0n) is 11.8. The Kier molecular flexibility index (Phi) is 6.94. The molecule has 0 aliphatic carbocycles. The number of halogens is 2. The van der Waals surface area contributed by atoms with Crippen LogP contribution in [0.5, 0.6) is 5.75 Å². The summed E-state index contributed by atoms with van der Waals surface area (Å²) in [5.74, 6) is -1.77. The van der Waals surface area contributed by atoms with Gasteiger partial charge in [0.2, 0.25) is 0 Å². The van der Waals surface area contributed by atoms with Gasteiger partial charge in [0.05, 0.1) is 12.1 Å². The molecule has 120 valence electrons. The number of ether oxygens (including phenoxy) is 2. The third-order valence-corrected chi connectivity index (χ3v) is 2.42. The van der Waals surface area contributed by atoms with Crippen molar-refractivity contribution in [3.63, 3.8) is 0 Å². The Morgan fingerprint density at radius 2 is 1.86 bits per heavy atom. The zero-order valence-corrected chi connectivity index (χ0v) is 11.8. The molecule has 6 nitrogen and oxygen atoms in total. The molecule has 0 radical (unpaired) electrons. The smallest absolute Gasteiger partial charge is 0.387 e. The average Bonchev–Trinajstić information content (AvgIpc) is 2.44. The van der Waals surface area contributed by atoms with E-state index in [1.807, 2.05) is 0 Å². The van der Waals surface area contributed by atoms with Crippen LogP contribution in [0.1, 0.15) is 19.8 Å². The number of para-hydroxylation sites is 2. The molecule has 0 unspecified atom stereocenters. The fraction of sp³-hybridized carbons (Fsp3) is 0.357. The van der Waals surface area contributed by atoms with E-state index < -0.39 is 25.1 Å². The quantitative estimate of drug-likeness (QED) is 0.743.